The number of thiophene rings is 1. The number of thioether (sulfide) groups is 1. The Kier molecular flexibility index (Phi) is 7.04. The van der Waals surface area contributed by atoms with Gasteiger partial charge < -0.3 is 16.0 Å². The Morgan fingerprint density at radius 2 is 1.79 bits per heavy atom. The number of H-pyrrole nitrogens is 1. The standard InChI is InChI=1S/C23H19N5O4S2/c1-13(29)24-20-19(26-21(31)17-10-5-11-33-17)22(32)28-23(27-20)34-12-18(30)25-16-9-4-7-14-6-2-3-8-15(14)16/h2-11H,12H2,1H3,(H,25,30)(H,26,31)(H2,24,27,28,29,32). The molecule has 0 unspecified atom stereocenters. The Morgan fingerprint density at radius 1 is 1.00 bits per heavy atom. The number of carbonyl (C=O) groups excluding carboxylic acids is 3. The molecule has 0 aliphatic rings. The molecule has 2 heterocycles. The quantitative estimate of drug-likeness (QED) is 0.228. The smallest absolute Gasteiger partial charge is 0.277 e. The summed E-state index contributed by atoms with van der Waals surface area (Å²) in [4.78, 5) is 56.4. The molecule has 0 atom stereocenters. The van der Waals surface area contributed by atoms with Crippen LogP contribution in [-0.2, 0) is 9.59 Å². The molecule has 34 heavy (non-hydrogen) atoms. The SMILES string of the molecule is CC(=O)Nc1nc(SCC(=O)Nc2cccc3ccccc23)[nH]c(=O)c1NC(=O)c1cccs1. The Labute approximate surface area is 202 Å². The van der Waals surface area contributed by atoms with E-state index in [1.807, 2.05) is 42.5 Å². The number of hydrogen-bond donors (Lipinski definition) is 4. The minimum absolute atomic E-state index is 0.0351. The van der Waals surface area contributed by atoms with Crippen LogP contribution in [0.2, 0.25) is 0 Å². The minimum atomic E-state index is -0.652. The Balaban J connectivity index is 1.49. The molecule has 0 bridgehead atoms. The maximum atomic E-state index is 12.7. The zero-order valence-corrected chi connectivity index (χ0v) is 19.5. The zero-order valence-electron chi connectivity index (χ0n) is 17.9. The number of amides is 3. The van der Waals surface area contributed by atoms with Gasteiger partial charge in [-0.3, -0.25) is 24.2 Å². The molecule has 4 aromatic rings. The first-order chi connectivity index (χ1) is 16.4. The monoisotopic (exact) mass is 493 g/mol. The first-order valence-corrected chi connectivity index (χ1v) is 11.9. The molecule has 0 saturated heterocycles. The number of anilines is 3. The van der Waals surface area contributed by atoms with Gasteiger partial charge in [-0.25, -0.2) is 4.98 Å². The number of rotatable bonds is 7. The highest BCUT2D eigenvalue weighted by Crippen LogP contribution is 2.24. The van der Waals surface area contributed by atoms with Crippen molar-refractivity contribution in [3.05, 3.63) is 75.2 Å². The number of hydrogen-bond acceptors (Lipinski definition) is 7. The molecule has 4 rings (SSSR count). The topological polar surface area (TPSA) is 133 Å². The van der Waals surface area contributed by atoms with Crippen LogP contribution in [0.15, 0.2) is 69.9 Å². The van der Waals surface area contributed by atoms with Crippen molar-refractivity contribution in [2.75, 3.05) is 21.7 Å². The second-order valence-corrected chi connectivity index (χ2v) is 8.98. The van der Waals surface area contributed by atoms with Crippen molar-refractivity contribution in [3.63, 3.8) is 0 Å². The minimum Gasteiger partial charge on any atom is -0.325 e. The lowest BCUT2D eigenvalue weighted by atomic mass is 10.1. The van der Waals surface area contributed by atoms with Gasteiger partial charge in [-0.15, -0.1) is 11.3 Å². The Hall–Kier alpha value is -3.96. The molecule has 2 aromatic heterocycles. The summed E-state index contributed by atoms with van der Waals surface area (Å²) in [5, 5.41) is 11.6. The molecule has 2 aromatic carbocycles. The molecular weight excluding hydrogens is 474 g/mol. The Morgan fingerprint density at radius 3 is 2.56 bits per heavy atom. The predicted molar refractivity (Wildman–Crippen MR) is 135 cm³/mol. The van der Waals surface area contributed by atoms with Crippen molar-refractivity contribution in [3.8, 4) is 0 Å². The summed E-state index contributed by atoms with van der Waals surface area (Å²) in [5.41, 5.74) is -0.158. The number of aromatic nitrogens is 2. The van der Waals surface area contributed by atoms with Crippen molar-refractivity contribution >= 4 is 68.8 Å². The third-order valence-corrected chi connectivity index (χ3v) is 6.32. The largest absolute Gasteiger partial charge is 0.325 e. The van der Waals surface area contributed by atoms with Crippen molar-refractivity contribution < 1.29 is 14.4 Å². The number of nitrogens with one attached hydrogen (secondary N) is 4. The third kappa shape index (κ3) is 5.50. The van der Waals surface area contributed by atoms with Gasteiger partial charge in [0.05, 0.1) is 10.6 Å². The third-order valence-electron chi connectivity index (χ3n) is 4.58. The van der Waals surface area contributed by atoms with Crippen molar-refractivity contribution in [1.82, 2.24) is 9.97 Å². The highest BCUT2D eigenvalue weighted by atomic mass is 32.2. The lowest BCUT2D eigenvalue weighted by molar-refractivity contribution is -0.114. The summed E-state index contributed by atoms with van der Waals surface area (Å²) < 4.78 is 0. The van der Waals surface area contributed by atoms with E-state index >= 15 is 0 Å². The van der Waals surface area contributed by atoms with Gasteiger partial charge in [0.2, 0.25) is 11.8 Å². The number of aromatic amines is 1. The predicted octanol–water partition coefficient (Wildman–Crippen LogP) is 3.93. The maximum Gasteiger partial charge on any atom is 0.277 e. The van der Waals surface area contributed by atoms with Crippen LogP contribution in [0.25, 0.3) is 10.8 Å². The molecule has 4 N–H and O–H groups in total. The van der Waals surface area contributed by atoms with Crippen LogP contribution in [0, 0.1) is 0 Å². The number of carbonyl (C=O) groups is 3. The van der Waals surface area contributed by atoms with E-state index in [0.717, 1.165) is 22.5 Å². The van der Waals surface area contributed by atoms with E-state index in [-0.39, 0.29) is 28.3 Å². The van der Waals surface area contributed by atoms with Crippen molar-refractivity contribution in [2.45, 2.75) is 12.1 Å². The molecule has 11 heteroatoms. The van der Waals surface area contributed by atoms with Gasteiger partial charge in [0.25, 0.3) is 11.5 Å². The molecule has 172 valence electrons. The molecular formula is C23H19N5O4S2. The summed E-state index contributed by atoms with van der Waals surface area (Å²) in [6, 6.07) is 16.6. The van der Waals surface area contributed by atoms with E-state index in [0.29, 0.717) is 10.6 Å². The molecule has 0 spiro atoms. The fourth-order valence-corrected chi connectivity index (χ4v) is 4.41. The van der Waals surface area contributed by atoms with E-state index in [1.54, 1.807) is 17.5 Å². The fourth-order valence-electron chi connectivity index (χ4n) is 3.13. The van der Waals surface area contributed by atoms with Crippen LogP contribution in [0.3, 0.4) is 0 Å². The highest BCUT2D eigenvalue weighted by Gasteiger charge is 2.18. The lowest BCUT2D eigenvalue weighted by Crippen LogP contribution is -2.24. The van der Waals surface area contributed by atoms with Gasteiger partial charge in [0, 0.05) is 18.0 Å². The molecule has 0 saturated carbocycles. The molecule has 0 radical (unpaired) electrons. The number of nitrogens with zero attached hydrogens (tertiary/aromatic N) is 1. The van der Waals surface area contributed by atoms with Crippen molar-refractivity contribution in [1.29, 1.82) is 0 Å². The van der Waals surface area contributed by atoms with Crippen LogP contribution in [0.1, 0.15) is 16.6 Å². The normalized spacial score (nSPS) is 10.6. The molecule has 0 aliphatic heterocycles. The summed E-state index contributed by atoms with van der Waals surface area (Å²) >= 11 is 2.20. The van der Waals surface area contributed by atoms with Crippen LogP contribution in [0.4, 0.5) is 17.2 Å². The number of fused-ring (bicyclic) bond motifs is 1. The van der Waals surface area contributed by atoms with E-state index in [1.165, 1.54) is 18.3 Å². The molecule has 0 aliphatic carbocycles. The van der Waals surface area contributed by atoms with Crippen LogP contribution < -0.4 is 21.5 Å². The second kappa shape index (κ2) is 10.3. The van der Waals surface area contributed by atoms with Gasteiger partial charge in [0.1, 0.15) is 0 Å². The molecule has 9 nitrogen and oxygen atoms in total. The van der Waals surface area contributed by atoms with E-state index in [4.69, 9.17) is 0 Å². The average molecular weight is 494 g/mol. The second-order valence-electron chi connectivity index (χ2n) is 7.07. The van der Waals surface area contributed by atoms with Gasteiger partial charge in [0.15, 0.2) is 16.7 Å². The average Bonchev–Trinajstić information content (AvgIpc) is 3.35. The van der Waals surface area contributed by atoms with Gasteiger partial charge in [-0.2, -0.15) is 0 Å². The van der Waals surface area contributed by atoms with Crippen LogP contribution in [-0.4, -0.2) is 33.4 Å². The summed E-state index contributed by atoms with van der Waals surface area (Å²) in [7, 11) is 0. The van der Waals surface area contributed by atoms with E-state index < -0.39 is 17.4 Å². The Bertz CT molecular complexity index is 1430. The maximum absolute atomic E-state index is 12.7. The van der Waals surface area contributed by atoms with Crippen molar-refractivity contribution in [2.24, 2.45) is 0 Å². The highest BCUT2D eigenvalue weighted by molar-refractivity contribution is 7.99. The van der Waals surface area contributed by atoms with Gasteiger partial charge in [-0.05, 0) is 22.9 Å². The fraction of sp³-hybridized carbons (Fsp3) is 0.0870. The number of benzene rings is 2. The summed E-state index contributed by atoms with van der Waals surface area (Å²) in [6.07, 6.45) is 0. The van der Waals surface area contributed by atoms with Gasteiger partial charge in [-0.1, -0.05) is 54.2 Å². The van der Waals surface area contributed by atoms with E-state index in [2.05, 4.69) is 25.9 Å². The molecule has 0 fully saturated rings. The van der Waals surface area contributed by atoms with Gasteiger partial charge >= 0.3 is 0 Å². The van der Waals surface area contributed by atoms with Crippen LogP contribution >= 0.6 is 23.1 Å². The first-order valence-electron chi connectivity index (χ1n) is 10.1. The first kappa shape index (κ1) is 23.2. The summed E-state index contributed by atoms with van der Waals surface area (Å²) in [6.45, 7) is 1.26. The lowest BCUT2D eigenvalue weighted by Gasteiger charge is -2.11. The zero-order chi connectivity index (χ0) is 24.1. The van der Waals surface area contributed by atoms with Crippen LogP contribution in [0.5, 0.6) is 0 Å². The summed E-state index contributed by atoms with van der Waals surface area (Å²) in [5.74, 6) is -1.39. The molecule has 3 amide bonds. The van der Waals surface area contributed by atoms with E-state index in [9.17, 15) is 19.2 Å².